The van der Waals surface area contributed by atoms with Crippen molar-refractivity contribution in [3.8, 4) is 0 Å². The Kier molecular flexibility index (Phi) is 4.85. The van der Waals surface area contributed by atoms with E-state index in [2.05, 4.69) is 21.0 Å². The molecule has 1 atom stereocenters. The molecule has 0 spiro atoms. The van der Waals surface area contributed by atoms with Gasteiger partial charge in [0.2, 0.25) is 0 Å². The fraction of sp³-hybridized carbons (Fsp3) is 0.0952. The van der Waals surface area contributed by atoms with Crippen molar-refractivity contribution in [3.63, 3.8) is 0 Å². The summed E-state index contributed by atoms with van der Waals surface area (Å²) in [5.41, 5.74) is 2.61. The van der Waals surface area contributed by atoms with Crippen LogP contribution in [0.2, 0.25) is 0 Å². The first kappa shape index (κ1) is 17.9. The van der Waals surface area contributed by atoms with Crippen molar-refractivity contribution in [3.05, 3.63) is 101 Å². The average molecular weight is 441 g/mol. The molecule has 4 rings (SSSR count). The summed E-state index contributed by atoms with van der Waals surface area (Å²) in [5.74, 6) is 0. The molecule has 0 fully saturated rings. The largest absolute Gasteiger partial charge is 0.279 e. The van der Waals surface area contributed by atoms with Crippen molar-refractivity contribution in [2.75, 3.05) is 0 Å². The molecular formula is C21H17BrN2O2S. The maximum atomic E-state index is 13.3. The summed E-state index contributed by atoms with van der Waals surface area (Å²) in [6.07, 6.45) is 0.526. The quantitative estimate of drug-likeness (QED) is 0.573. The number of halogens is 1. The third-order valence-corrected chi connectivity index (χ3v) is 6.75. The number of hydrazone groups is 1. The number of benzene rings is 3. The number of sulfonamides is 1. The van der Waals surface area contributed by atoms with E-state index in [0.717, 1.165) is 21.3 Å². The second-order valence-corrected chi connectivity index (χ2v) is 8.99. The highest BCUT2D eigenvalue weighted by Crippen LogP contribution is 2.37. The van der Waals surface area contributed by atoms with Gasteiger partial charge in [-0.05, 0) is 35.4 Å². The van der Waals surface area contributed by atoms with Gasteiger partial charge in [0.15, 0.2) is 0 Å². The highest BCUT2D eigenvalue weighted by atomic mass is 79.9. The molecule has 6 heteroatoms. The molecule has 0 radical (unpaired) electrons. The van der Waals surface area contributed by atoms with Crippen molar-refractivity contribution >= 4 is 31.7 Å². The van der Waals surface area contributed by atoms with E-state index in [4.69, 9.17) is 0 Å². The molecule has 1 unspecified atom stereocenters. The van der Waals surface area contributed by atoms with Crippen LogP contribution in [0.4, 0.5) is 0 Å². The van der Waals surface area contributed by atoms with Crippen molar-refractivity contribution in [2.24, 2.45) is 5.10 Å². The van der Waals surface area contributed by atoms with Gasteiger partial charge in [0, 0.05) is 10.9 Å². The summed E-state index contributed by atoms with van der Waals surface area (Å²) in [5, 5.41) is 4.54. The van der Waals surface area contributed by atoms with E-state index < -0.39 is 10.0 Å². The van der Waals surface area contributed by atoms with Gasteiger partial charge in [0.1, 0.15) is 0 Å². The van der Waals surface area contributed by atoms with E-state index in [0.29, 0.717) is 6.42 Å². The van der Waals surface area contributed by atoms with Crippen LogP contribution in [0.1, 0.15) is 23.6 Å². The van der Waals surface area contributed by atoms with Crippen LogP contribution < -0.4 is 0 Å². The van der Waals surface area contributed by atoms with E-state index in [-0.39, 0.29) is 10.9 Å². The van der Waals surface area contributed by atoms with Gasteiger partial charge in [0.05, 0.1) is 16.6 Å². The molecule has 0 amide bonds. The average Bonchev–Trinajstić information content (AvgIpc) is 3.16. The lowest BCUT2D eigenvalue weighted by Gasteiger charge is -2.23. The van der Waals surface area contributed by atoms with Crippen LogP contribution in [-0.4, -0.2) is 18.5 Å². The lowest BCUT2D eigenvalue weighted by Crippen LogP contribution is -2.27. The molecule has 3 aromatic carbocycles. The Hall–Kier alpha value is -2.44. The highest BCUT2D eigenvalue weighted by molar-refractivity contribution is 9.10. The van der Waals surface area contributed by atoms with E-state index in [1.807, 2.05) is 54.6 Å². The molecule has 1 aliphatic rings. The first-order valence-electron chi connectivity index (χ1n) is 8.53. The third-order valence-electron chi connectivity index (χ3n) is 4.52. The van der Waals surface area contributed by atoms with Gasteiger partial charge in [-0.1, -0.05) is 76.6 Å². The number of rotatable bonds is 4. The zero-order valence-corrected chi connectivity index (χ0v) is 16.8. The highest BCUT2D eigenvalue weighted by Gasteiger charge is 2.37. The van der Waals surface area contributed by atoms with Crippen LogP contribution in [0.3, 0.4) is 0 Å². The Labute approximate surface area is 167 Å². The second-order valence-electron chi connectivity index (χ2n) is 6.27. The second kappa shape index (κ2) is 7.29. The molecule has 0 saturated heterocycles. The van der Waals surface area contributed by atoms with E-state index in [1.54, 1.807) is 30.3 Å². The van der Waals surface area contributed by atoms with Crippen molar-refractivity contribution < 1.29 is 8.42 Å². The SMILES string of the molecule is O=S(=O)(c1ccccc1)N1N=C(c2ccccc2)CC1c1ccc(Br)cc1. The molecule has 1 aliphatic heterocycles. The maximum absolute atomic E-state index is 13.3. The summed E-state index contributed by atoms with van der Waals surface area (Å²) in [4.78, 5) is 0.241. The van der Waals surface area contributed by atoms with Gasteiger partial charge in [-0.2, -0.15) is 17.9 Å². The molecule has 0 saturated carbocycles. The standard InChI is InChI=1S/C21H17BrN2O2S/c22-18-13-11-17(12-14-18)21-15-20(16-7-3-1-4-8-16)23-24(21)27(25,26)19-9-5-2-6-10-19/h1-14,21H,15H2. The molecule has 136 valence electrons. The van der Waals surface area contributed by atoms with Gasteiger partial charge in [-0.15, -0.1) is 0 Å². The van der Waals surface area contributed by atoms with E-state index >= 15 is 0 Å². The minimum atomic E-state index is -3.75. The maximum Gasteiger partial charge on any atom is 0.279 e. The third kappa shape index (κ3) is 3.55. The smallest absolute Gasteiger partial charge is 0.200 e. The van der Waals surface area contributed by atoms with Gasteiger partial charge in [0.25, 0.3) is 10.0 Å². The number of nitrogens with zero attached hydrogens (tertiary/aromatic N) is 2. The van der Waals surface area contributed by atoms with Crippen LogP contribution in [-0.2, 0) is 10.0 Å². The summed E-state index contributed by atoms with van der Waals surface area (Å²) >= 11 is 3.43. The normalized spacial score (nSPS) is 17.0. The summed E-state index contributed by atoms with van der Waals surface area (Å²) in [6.45, 7) is 0. The Bertz CT molecular complexity index is 1070. The molecule has 4 nitrogen and oxygen atoms in total. The Balaban J connectivity index is 1.80. The van der Waals surface area contributed by atoms with Crippen molar-refractivity contribution in [1.29, 1.82) is 0 Å². The first-order chi connectivity index (χ1) is 13.1. The molecular weight excluding hydrogens is 424 g/mol. The van der Waals surface area contributed by atoms with E-state index in [9.17, 15) is 8.42 Å². The van der Waals surface area contributed by atoms with Gasteiger partial charge in [-0.25, -0.2) is 0 Å². The fourth-order valence-corrected chi connectivity index (χ4v) is 4.87. The molecule has 0 N–H and O–H groups in total. The van der Waals surface area contributed by atoms with Crippen LogP contribution >= 0.6 is 15.9 Å². The van der Waals surface area contributed by atoms with Gasteiger partial charge >= 0.3 is 0 Å². The predicted molar refractivity (Wildman–Crippen MR) is 110 cm³/mol. The summed E-state index contributed by atoms with van der Waals surface area (Å²) in [6, 6.07) is 25.5. The van der Waals surface area contributed by atoms with Gasteiger partial charge < -0.3 is 0 Å². The molecule has 1 heterocycles. The minimum absolute atomic E-state index is 0.241. The zero-order valence-electron chi connectivity index (χ0n) is 14.4. The monoisotopic (exact) mass is 440 g/mol. The predicted octanol–water partition coefficient (Wildman–Crippen LogP) is 4.99. The zero-order chi connectivity index (χ0) is 18.9. The molecule has 27 heavy (non-hydrogen) atoms. The van der Waals surface area contributed by atoms with Crippen LogP contribution in [0.15, 0.2) is 99.4 Å². The van der Waals surface area contributed by atoms with Gasteiger partial charge in [-0.3, -0.25) is 0 Å². The molecule has 0 bridgehead atoms. The fourth-order valence-electron chi connectivity index (χ4n) is 3.15. The van der Waals surface area contributed by atoms with Crippen LogP contribution in [0.5, 0.6) is 0 Å². The Morgan fingerprint density at radius 3 is 2.07 bits per heavy atom. The summed E-state index contributed by atoms with van der Waals surface area (Å²) in [7, 11) is -3.75. The molecule has 0 aliphatic carbocycles. The number of hydrogen-bond acceptors (Lipinski definition) is 3. The van der Waals surface area contributed by atoms with Crippen LogP contribution in [0.25, 0.3) is 0 Å². The van der Waals surface area contributed by atoms with Crippen molar-refractivity contribution in [1.82, 2.24) is 4.41 Å². The van der Waals surface area contributed by atoms with Crippen molar-refractivity contribution in [2.45, 2.75) is 17.4 Å². The Morgan fingerprint density at radius 2 is 1.44 bits per heavy atom. The first-order valence-corrected chi connectivity index (χ1v) is 10.8. The molecule has 3 aromatic rings. The lowest BCUT2D eigenvalue weighted by molar-refractivity contribution is 0.371. The minimum Gasteiger partial charge on any atom is -0.200 e. The number of hydrogen-bond donors (Lipinski definition) is 0. The lowest BCUT2D eigenvalue weighted by atomic mass is 9.99. The summed E-state index contributed by atoms with van der Waals surface area (Å²) < 4.78 is 28.8. The topological polar surface area (TPSA) is 49.7 Å². The van der Waals surface area contributed by atoms with Crippen LogP contribution in [0, 0.1) is 0 Å². The Morgan fingerprint density at radius 1 is 0.852 bits per heavy atom. The van der Waals surface area contributed by atoms with E-state index in [1.165, 1.54) is 4.41 Å². The molecule has 0 aromatic heterocycles.